The van der Waals surface area contributed by atoms with Gasteiger partial charge in [0.25, 0.3) is 0 Å². The van der Waals surface area contributed by atoms with E-state index in [0.717, 1.165) is 50.6 Å². The second-order valence-corrected chi connectivity index (χ2v) is 6.64. The van der Waals surface area contributed by atoms with E-state index >= 15 is 0 Å². The van der Waals surface area contributed by atoms with E-state index in [9.17, 15) is 0 Å². The number of piperazine rings is 1. The largest absolute Gasteiger partial charge is 0.369 e. The summed E-state index contributed by atoms with van der Waals surface area (Å²) in [6.07, 6.45) is 4.28. The number of fused-ring (bicyclic) bond motifs is 1. The number of rotatable bonds is 4. The standard InChI is InChI=1S/C19H25N5/c1-16-20-18-6-5-17(15-19(18)21(16)2)24-13-11-23(12-14-24)10-9-22-7-3-4-8-22/h3-8,15H,9-14H2,1-2H3. The first-order valence-electron chi connectivity index (χ1n) is 8.72. The molecule has 0 unspecified atom stereocenters. The van der Waals surface area contributed by atoms with Gasteiger partial charge >= 0.3 is 0 Å². The first kappa shape index (κ1) is 15.3. The molecule has 0 bridgehead atoms. The monoisotopic (exact) mass is 323 g/mol. The molecule has 0 aliphatic carbocycles. The lowest BCUT2D eigenvalue weighted by Crippen LogP contribution is -2.47. The highest BCUT2D eigenvalue weighted by Crippen LogP contribution is 2.23. The number of hydrogen-bond donors (Lipinski definition) is 0. The molecule has 0 spiro atoms. The summed E-state index contributed by atoms with van der Waals surface area (Å²) in [6.45, 7) is 8.70. The first-order chi connectivity index (χ1) is 11.7. The molecule has 0 atom stereocenters. The van der Waals surface area contributed by atoms with E-state index in [1.54, 1.807) is 0 Å². The Morgan fingerprint density at radius 1 is 1.00 bits per heavy atom. The molecule has 1 aliphatic heterocycles. The predicted octanol–water partition coefficient (Wildman–Crippen LogP) is 2.51. The van der Waals surface area contributed by atoms with Crippen molar-refractivity contribution < 1.29 is 0 Å². The van der Waals surface area contributed by atoms with Gasteiger partial charge in [0.2, 0.25) is 0 Å². The van der Waals surface area contributed by atoms with Crippen molar-refractivity contribution in [2.45, 2.75) is 13.5 Å². The second kappa shape index (κ2) is 6.32. The molecule has 126 valence electrons. The molecule has 3 aromatic rings. The molecule has 1 fully saturated rings. The molecule has 0 N–H and O–H groups in total. The molecule has 2 aromatic heterocycles. The van der Waals surface area contributed by atoms with Crippen LogP contribution in [0.4, 0.5) is 5.69 Å². The van der Waals surface area contributed by atoms with Gasteiger partial charge in [0.05, 0.1) is 11.0 Å². The highest BCUT2D eigenvalue weighted by Gasteiger charge is 2.17. The summed E-state index contributed by atoms with van der Waals surface area (Å²) in [5, 5.41) is 0. The van der Waals surface area contributed by atoms with Crippen LogP contribution in [0.5, 0.6) is 0 Å². The van der Waals surface area contributed by atoms with Crippen LogP contribution in [0, 0.1) is 6.92 Å². The van der Waals surface area contributed by atoms with Crippen molar-refractivity contribution in [1.29, 1.82) is 0 Å². The van der Waals surface area contributed by atoms with Crippen molar-refractivity contribution >= 4 is 16.7 Å². The topological polar surface area (TPSA) is 29.2 Å². The van der Waals surface area contributed by atoms with Crippen molar-refractivity contribution in [2.24, 2.45) is 7.05 Å². The highest BCUT2D eigenvalue weighted by atomic mass is 15.3. The van der Waals surface area contributed by atoms with E-state index in [1.807, 2.05) is 0 Å². The van der Waals surface area contributed by atoms with Gasteiger partial charge in [-0.2, -0.15) is 0 Å². The van der Waals surface area contributed by atoms with E-state index in [4.69, 9.17) is 0 Å². The lowest BCUT2D eigenvalue weighted by Gasteiger charge is -2.36. The lowest BCUT2D eigenvalue weighted by molar-refractivity contribution is 0.248. The quantitative estimate of drug-likeness (QED) is 0.739. The van der Waals surface area contributed by atoms with Crippen LogP contribution in [0.2, 0.25) is 0 Å². The molecule has 3 heterocycles. The highest BCUT2D eigenvalue weighted by molar-refractivity contribution is 5.80. The van der Waals surface area contributed by atoms with Crippen LogP contribution in [-0.4, -0.2) is 51.7 Å². The lowest BCUT2D eigenvalue weighted by atomic mass is 10.2. The molecule has 4 rings (SSSR count). The summed E-state index contributed by atoms with van der Waals surface area (Å²) >= 11 is 0. The Kier molecular flexibility index (Phi) is 4.02. The van der Waals surface area contributed by atoms with E-state index in [-0.39, 0.29) is 0 Å². The van der Waals surface area contributed by atoms with Crippen LogP contribution in [-0.2, 0) is 13.6 Å². The number of aryl methyl sites for hydroxylation is 2. The van der Waals surface area contributed by atoms with Crippen LogP contribution in [0.25, 0.3) is 11.0 Å². The van der Waals surface area contributed by atoms with Crippen molar-refractivity contribution in [3.05, 3.63) is 48.5 Å². The average Bonchev–Trinajstić information content (AvgIpc) is 3.22. The third-order valence-corrected chi connectivity index (χ3v) is 5.17. The fourth-order valence-corrected chi connectivity index (χ4v) is 3.50. The zero-order valence-electron chi connectivity index (χ0n) is 14.5. The summed E-state index contributed by atoms with van der Waals surface area (Å²) in [5.41, 5.74) is 3.62. The van der Waals surface area contributed by atoms with Gasteiger partial charge < -0.3 is 14.0 Å². The zero-order chi connectivity index (χ0) is 16.5. The third-order valence-electron chi connectivity index (χ3n) is 5.17. The molecule has 5 nitrogen and oxygen atoms in total. The molecule has 1 aliphatic rings. The summed E-state index contributed by atoms with van der Waals surface area (Å²) < 4.78 is 4.43. The van der Waals surface area contributed by atoms with Gasteiger partial charge in [-0.25, -0.2) is 4.98 Å². The Balaban J connectivity index is 1.39. The number of aromatic nitrogens is 3. The number of nitrogens with zero attached hydrogens (tertiary/aromatic N) is 5. The molecule has 0 radical (unpaired) electrons. The van der Waals surface area contributed by atoms with E-state index in [0.29, 0.717) is 0 Å². The molecule has 0 saturated carbocycles. The Bertz CT molecular complexity index is 810. The predicted molar refractivity (Wildman–Crippen MR) is 98.5 cm³/mol. The molecule has 1 aromatic carbocycles. The first-order valence-corrected chi connectivity index (χ1v) is 8.72. The summed E-state index contributed by atoms with van der Waals surface area (Å²) in [7, 11) is 2.09. The van der Waals surface area contributed by atoms with Crippen LogP contribution in [0.15, 0.2) is 42.7 Å². The smallest absolute Gasteiger partial charge is 0.106 e. The van der Waals surface area contributed by atoms with E-state index in [2.05, 4.69) is 80.6 Å². The van der Waals surface area contributed by atoms with Gasteiger partial charge in [0.15, 0.2) is 0 Å². The minimum Gasteiger partial charge on any atom is -0.369 e. The van der Waals surface area contributed by atoms with Crippen molar-refractivity contribution in [1.82, 2.24) is 19.0 Å². The Labute approximate surface area is 143 Å². The zero-order valence-corrected chi connectivity index (χ0v) is 14.5. The number of imidazole rings is 1. The van der Waals surface area contributed by atoms with Crippen molar-refractivity contribution in [3.8, 4) is 0 Å². The van der Waals surface area contributed by atoms with Gasteiger partial charge in [-0.3, -0.25) is 4.90 Å². The van der Waals surface area contributed by atoms with Gasteiger partial charge in [-0.05, 0) is 37.3 Å². The van der Waals surface area contributed by atoms with Crippen LogP contribution in [0.3, 0.4) is 0 Å². The maximum atomic E-state index is 4.59. The molecule has 5 heteroatoms. The summed E-state index contributed by atoms with van der Waals surface area (Å²) in [4.78, 5) is 9.65. The minimum absolute atomic E-state index is 1.07. The number of hydrogen-bond acceptors (Lipinski definition) is 3. The molecule has 1 saturated heterocycles. The number of anilines is 1. The minimum atomic E-state index is 1.07. The summed E-state index contributed by atoms with van der Waals surface area (Å²) in [6, 6.07) is 10.8. The Hall–Kier alpha value is -2.27. The van der Waals surface area contributed by atoms with Crippen LogP contribution in [0.1, 0.15) is 5.82 Å². The number of benzene rings is 1. The summed E-state index contributed by atoms with van der Waals surface area (Å²) in [5.74, 6) is 1.07. The van der Waals surface area contributed by atoms with Gasteiger partial charge in [-0.15, -0.1) is 0 Å². The SMILES string of the molecule is Cc1nc2ccc(N3CCN(CCn4cccc4)CC3)cc2n1C. The molecular formula is C19H25N5. The molecular weight excluding hydrogens is 298 g/mol. The fourth-order valence-electron chi connectivity index (χ4n) is 3.50. The van der Waals surface area contributed by atoms with Crippen LogP contribution < -0.4 is 4.90 Å². The molecule has 0 amide bonds. The maximum Gasteiger partial charge on any atom is 0.106 e. The Morgan fingerprint density at radius 3 is 2.50 bits per heavy atom. The van der Waals surface area contributed by atoms with Crippen molar-refractivity contribution in [3.63, 3.8) is 0 Å². The second-order valence-electron chi connectivity index (χ2n) is 6.64. The maximum absolute atomic E-state index is 4.59. The normalized spacial score (nSPS) is 16.2. The third kappa shape index (κ3) is 2.91. The van der Waals surface area contributed by atoms with Gasteiger partial charge in [-0.1, -0.05) is 0 Å². The van der Waals surface area contributed by atoms with Gasteiger partial charge in [0.1, 0.15) is 5.82 Å². The van der Waals surface area contributed by atoms with Gasteiger partial charge in [0, 0.05) is 64.4 Å². The molecule has 24 heavy (non-hydrogen) atoms. The Morgan fingerprint density at radius 2 is 1.75 bits per heavy atom. The fraction of sp³-hybridized carbons (Fsp3) is 0.421. The van der Waals surface area contributed by atoms with E-state index < -0.39 is 0 Å². The van der Waals surface area contributed by atoms with E-state index in [1.165, 1.54) is 11.2 Å². The van der Waals surface area contributed by atoms with Crippen LogP contribution >= 0.6 is 0 Å². The van der Waals surface area contributed by atoms with Crippen molar-refractivity contribution in [2.75, 3.05) is 37.6 Å². The average molecular weight is 323 g/mol.